The topological polar surface area (TPSA) is 98.9 Å². The number of rotatable bonds is 8. The molecule has 0 fully saturated rings. The molecule has 128 valence electrons. The zero-order valence-electron chi connectivity index (χ0n) is 12.5. The Bertz CT molecular complexity index is 313. The van der Waals surface area contributed by atoms with Crippen molar-refractivity contribution >= 4 is 38.9 Å². The molecule has 0 aromatic carbocycles. The second-order valence-electron chi connectivity index (χ2n) is 5.20. The highest BCUT2D eigenvalue weighted by Gasteiger charge is 2.18. The summed E-state index contributed by atoms with van der Waals surface area (Å²) in [5, 5.41) is 8.47. The first-order valence-corrected chi connectivity index (χ1v) is 6.04. The third kappa shape index (κ3) is 15.7. The third-order valence-electron chi connectivity index (χ3n) is 2.00. The van der Waals surface area contributed by atoms with Gasteiger partial charge in [-0.15, -0.1) is 0 Å². The van der Waals surface area contributed by atoms with E-state index in [1.165, 1.54) is 0 Å². The Labute approximate surface area is 138 Å². The van der Waals surface area contributed by atoms with Gasteiger partial charge >= 0.3 is 11.9 Å². The van der Waals surface area contributed by atoms with Gasteiger partial charge in [0.15, 0.2) is 0 Å². The molecule has 0 spiro atoms. The van der Waals surface area contributed by atoms with Crippen molar-refractivity contribution in [3.05, 3.63) is 0 Å². The molecule has 0 heterocycles. The summed E-state index contributed by atoms with van der Waals surface area (Å²) in [6.45, 7) is 4.64. The Morgan fingerprint density at radius 3 is 2.19 bits per heavy atom. The average molecular weight is 347 g/mol. The lowest BCUT2D eigenvalue weighted by Gasteiger charge is -2.19. The van der Waals surface area contributed by atoms with Crippen molar-refractivity contribution in [3.8, 4) is 0 Å². The van der Waals surface area contributed by atoms with Gasteiger partial charge in [0.2, 0.25) is 0 Å². The van der Waals surface area contributed by atoms with Crippen molar-refractivity contribution in [3.63, 3.8) is 0 Å². The number of nitrogens with two attached hydrogens (primary N) is 1. The molecular weight excluding hydrogens is 321 g/mol. The molecule has 0 saturated carbocycles. The zero-order valence-corrected chi connectivity index (χ0v) is 14.5. The summed E-state index contributed by atoms with van der Waals surface area (Å²) >= 11 is 0. The zero-order chi connectivity index (χ0) is 15.1. The second kappa shape index (κ2) is 12.1. The molecule has 0 unspecified atom stereocenters. The molecule has 0 aromatic rings. The molecule has 0 saturated heterocycles. The van der Waals surface area contributed by atoms with Gasteiger partial charge in [-0.1, -0.05) is 0 Å². The van der Waals surface area contributed by atoms with Crippen molar-refractivity contribution in [2.24, 2.45) is 5.73 Å². The molecule has 3 N–H and O–H groups in total. The Morgan fingerprint density at radius 1 is 1.24 bits per heavy atom. The maximum Gasteiger partial charge on any atom is 0.322 e. The molecule has 0 aliphatic heterocycles. The monoisotopic (exact) mass is 347 g/mol. The molecule has 6 nitrogen and oxygen atoms in total. The summed E-state index contributed by atoms with van der Waals surface area (Å²) < 4.78 is 23.2. The molecule has 21 heavy (non-hydrogen) atoms. The van der Waals surface area contributed by atoms with Crippen molar-refractivity contribution in [1.82, 2.24) is 0 Å². The van der Waals surface area contributed by atoms with Gasteiger partial charge in [-0.05, 0) is 27.2 Å². The highest BCUT2D eigenvalue weighted by molar-refractivity contribution is 7.59. The van der Waals surface area contributed by atoms with E-state index in [1.54, 1.807) is 20.8 Å². The first-order chi connectivity index (χ1) is 8.61. The molecule has 0 aliphatic carbocycles. The van der Waals surface area contributed by atoms with E-state index in [1.807, 2.05) is 0 Å². The van der Waals surface area contributed by atoms with E-state index in [0.29, 0.717) is 0 Å². The van der Waals surface area contributed by atoms with Crippen LogP contribution < -0.4 is 5.73 Å². The van der Waals surface area contributed by atoms with E-state index in [9.17, 15) is 14.0 Å². The highest BCUT2D eigenvalue weighted by atomic mass is 32.1. The number of alkyl halides is 1. The second-order valence-corrected chi connectivity index (χ2v) is 5.20. The third-order valence-corrected chi connectivity index (χ3v) is 2.00. The number of halogens is 1. The lowest BCUT2D eigenvalue weighted by molar-refractivity contribution is -0.155. The number of ether oxygens (including phenoxy) is 2. The number of esters is 1. The minimum atomic E-state index is -1.35. The van der Waals surface area contributed by atoms with Gasteiger partial charge in [-0.3, -0.25) is 9.59 Å². The van der Waals surface area contributed by atoms with Gasteiger partial charge in [0.05, 0.1) is 13.2 Å². The number of hydrogen-bond donors (Lipinski definition) is 2. The van der Waals surface area contributed by atoms with Crippen molar-refractivity contribution < 1.29 is 28.6 Å². The van der Waals surface area contributed by atoms with Crippen LogP contribution in [-0.4, -0.2) is 48.1 Å². The van der Waals surface area contributed by atoms with Gasteiger partial charge in [0.25, 0.3) is 0 Å². The fourth-order valence-electron chi connectivity index (χ4n) is 1.14. The van der Waals surface area contributed by atoms with E-state index >= 15 is 0 Å². The van der Waals surface area contributed by atoms with Gasteiger partial charge in [0, 0.05) is 6.42 Å². The van der Waals surface area contributed by atoms with E-state index in [4.69, 9.17) is 20.3 Å². The molecule has 9 heteroatoms. The minimum Gasteiger partial charge on any atom is -0.480 e. The van der Waals surface area contributed by atoms with Crippen LogP contribution in [0.5, 0.6) is 0 Å². The number of carboxylic acids is 1. The molecule has 0 aromatic heterocycles. The molecule has 0 radical (unpaired) electrons. The summed E-state index contributed by atoms with van der Waals surface area (Å²) in [6.07, 6.45) is -1.43. The van der Waals surface area contributed by atoms with Crippen molar-refractivity contribution in [1.29, 1.82) is 0 Å². The first-order valence-electron chi connectivity index (χ1n) is 6.04. The van der Waals surface area contributed by atoms with Crippen LogP contribution in [0.15, 0.2) is 0 Å². The van der Waals surface area contributed by atoms with Crippen LogP contribution in [0.25, 0.3) is 0 Å². The number of carbonyl (C=O) groups is 2. The average Bonchev–Trinajstić information content (AvgIpc) is 2.23. The summed E-state index contributed by atoms with van der Waals surface area (Å²) in [7, 11) is 0. The lowest BCUT2D eigenvalue weighted by atomic mass is 10.2. The van der Waals surface area contributed by atoms with E-state index in [0.717, 1.165) is 0 Å². The van der Waals surface area contributed by atoms with Gasteiger partial charge in [0.1, 0.15) is 17.8 Å². The van der Waals surface area contributed by atoms with Crippen LogP contribution in [-0.2, 0) is 19.1 Å². The van der Waals surface area contributed by atoms with E-state index in [-0.39, 0.29) is 53.0 Å². The first kappa shape index (κ1) is 25.4. The number of aliphatic carboxylic acids is 1. The molecule has 0 amide bonds. The molecule has 0 rings (SSSR count). The van der Waals surface area contributed by atoms with Crippen molar-refractivity contribution in [2.45, 2.75) is 51.4 Å². The fourth-order valence-corrected chi connectivity index (χ4v) is 1.14. The summed E-state index contributed by atoms with van der Waals surface area (Å²) in [4.78, 5) is 21.7. The summed E-state index contributed by atoms with van der Waals surface area (Å²) in [6, 6.07) is -1.17. The van der Waals surface area contributed by atoms with Crippen LogP contribution in [0.4, 0.5) is 4.39 Å². The van der Waals surface area contributed by atoms with Crippen molar-refractivity contribution in [2.75, 3.05) is 13.2 Å². The lowest BCUT2D eigenvalue weighted by Crippen LogP contribution is -2.35. The summed E-state index contributed by atoms with van der Waals surface area (Å²) in [5.41, 5.74) is 4.58. The maximum absolute atomic E-state index is 13.3. The molecular formula is C12H26FNO5S2. The number of carbonyl (C=O) groups excluding carboxylic acids is 1. The Balaban J connectivity index is -0.00000162. The largest absolute Gasteiger partial charge is 0.480 e. The Kier molecular flexibility index (Phi) is 14.6. The van der Waals surface area contributed by atoms with Crippen LogP contribution in [0.3, 0.4) is 0 Å². The van der Waals surface area contributed by atoms with Crippen LogP contribution in [0, 0.1) is 0 Å². The highest BCUT2D eigenvalue weighted by Crippen LogP contribution is 2.11. The molecule has 2 atom stereocenters. The molecule has 0 bridgehead atoms. The summed E-state index contributed by atoms with van der Waals surface area (Å²) in [5.74, 6) is -1.68. The van der Waals surface area contributed by atoms with Crippen LogP contribution in [0.1, 0.15) is 33.6 Å². The van der Waals surface area contributed by atoms with E-state index in [2.05, 4.69) is 0 Å². The van der Waals surface area contributed by atoms with Crippen LogP contribution in [0.2, 0.25) is 0 Å². The SMILES string of the molecule is CC(C)(C)OC(=O)CC[C@H](F)COC[C@H](N)C(=O)O.S.S. The smallest absolute Gasteiger partial charge is 0.322 e. The Hall–Kier alpha value is -0.510. The predicted octanol–water partition coefficient (Wildman–Crippen LogP) is 1.10. The van der Waals surface area contributed by atoms with Crippen LogP contribution >= 0.6 is 27.0 Å². The number of hydrogen-bond acceptors (Lipinski definition) is 5. The van der Waals surface area contributed by atoms with Gasteiger partial charge in [-0.2, -0.15) is 27.0 Å². The van der Waals surface area contributed by atoms with Gasteiger partial charge in [-0.25, -0.2) is 4.39 Å². The predicted molar refractivity (Wildman–Crippen MR) is 87.2 cm³/mol. The van der Waals surface area contributed by atoms with E-state index < -0.39 is 29.8 Å². The minimum absolute atomic E-state index is 0. The normalized spacial score (nSPS) is 13.4. The number of carboxylic acid groups (broad SMARTS) is 1. The quantitative estimate of drug-likeness (QED) is 0.638. The Morgan fingerprint density at radius 2 is 1.76 bits per heavy atom. The molecule has 0 aliphatic rings. The fraction of sp³-hybridized carbons (Fsp3) is 0.833. The maximum atomic E-state index is 13.3. The van der Waals surface area contributed by atoms with Gasteiger partial charge < -0.3 is 20.3 Å². The standard InChI is InChI=1S/C12H22FNO5.2H2S/c1-12(2,3)19-10(15)5-4-8(13)6-18-7-9(14)11(16)17;;/h8-9H,4-7,14H2,1-3H3,(H,16,17);2*1H2/t8-,9-;;/m0../s1.